The largest absolute Gasteiger partial charge is 0.497 e. The van der Waals surface area contributed by atoms with E-state index in [0.717, 1.165) is 23.6 Å². The predicted molar refractivity (Wildman–Crippen MR) is 121 cm³/mol. The first-order valence-electron chi connectivity index (χ1n) is 10.8. The molecule has 0 spiro atoms. The Labute approximate surface area is 197 Å². The van der Waals surface area contributed by atoms with Crippen molar-refractivity contribution in [2.75, 3.05) is 38.2 Å². The van der Waals surface area contributed by atoms with E-state index in [1.807, 2.05) is 29.2 Å². The SMILES string of the molecule is COc1ccc(-n2nnc3c(N4CCN(C(=O)c5ccc(C(F)(F)F)cc5)CC4)ncnc32)cc1. The van der Waals surface area contributed by atoms with E-state index in [1.54, 1.807) is 16.7 Å². The minimum Gasteiger partial charge on any atom is -0.497 e. The summed E-state index contributed by atoms with van der Waals surface area (Å²) in [5.41, 5.74) is 1.28. The average Bonchev–Trinajstić information content (AvgIpc) is 3.32. The number of carbonyl (C=O) groups is 1. The fourth-order valence-electron chi connectivity index (χ4n) is 3.97. The topological polar surface area (TPSA) is 89.3 Å². The van der Waals surface area contributed by atoms with Gasteiger partial charge in [0, 0.05) is 31.7 Å². The molecule has 12 heteroatoms. The average molecular weight is 483 g/mol. The molecule has 35 heavy (non-hydrogen) atoms. The highest BCUT2D eigenvalue weighted by Gasteiger charge is 2.31. The van der Waals surface area contributed by atoms with E-state index in [1.165, 1.54) is 18.5 Å². The summed E-state index contributed by atoms with van der Waals surface area (Å²) in [6.07, 6.45) is -2.99. The molecule has 2 aromatic carbocycles. The number of anilines is 1. The van der Waals surface area contributed by atoms with Gasteiger partial charge in [0.05, 0.1) is 18.4 Å². The normalized spacial score (nSPS) is 14.4. The number of nitrogens with zero attached hydrogens (tertiary/aromatic N) is 7. The molecule has 0 aliphatic carbocycles. The molecule has 180 valence electrons. The third-order valence-corrected chi connectivity index (χ3v) is 5.86. The van der Waals surface area contributed by atoms with Crippen LogP contribution in [0.2, 0.25) is 0 Å². The van der Waals surface area contributed by atoms with E-state index in [9.17, 15) is 18.0 Å². The number of hydrogen-bond acceptors (Lipinski definition) is 7. The van der Waals surface area contributed by atoms with E-state index >= 15 is 0 Å². The first kappa shape index (κ1) is 22.6. The maximum absolute atomic E-state index is 12.8. The summed E-state index contributed by atoms with van der Waals surface area (Å²) in [5, 5.41) is 8.52. The van der Waals surface area contributed by atoms with Gasteiger partial charge in [-0.05, 0) is 48.5 Å². The first-order chi connectivity index (χ1) is 16.8. The molecular weight excluding hydrogens is 463 g/mol. The second-order valence-electron chi connectivity index (χ2n) is 7.92. The van der Waals surface area contributed by atoms with Gasteiger partial charge < -0.3 is 14.5 Å². The maximum atomic E-state index is 12.8. The van der Waals surface area contributed by atoms with Crippen molar-refractivity contribution in [2.24, 2.45) is 0 Å². The lowest BCUT2D eigenvalue weighted by molar-refractivity contribution is -0.137. The molecule has 1 saturated heterocycles. The molecule has 0 atom stereocenters. The monoisotopic (exact) mass is 483 g/mol. The third kappa shape index (κ3) is 4.34. The summed E-state index contributed by atoms with van der Waals surface area (Å²) in [6, 6.07) is 11.6. The third-order valence-electron chi connectivity index (χ3n) is 5.86. The van der Waals surface area contributed by atoms with Crippen LogP contribution in [0, 0.1) is 0 Å². The van der Waals surface area contributed by atoms with Crippen LogP contribution in [0.5, 0.6) is 5.75 Å². The minimum atomic E-state index is -4.44. The Kier molecular flexibility index (Phi) is 5.71. The quantitative estimate of drug-likeness (QED) is 0.440. The van der Waals surface area contributed by atoms with Crippen LogP contribution in [-0.2, 0) is 6.18 Å². The highest BCUT2D eigenvalue weighted by molar-refractivity contribution is 5.94. The molecule has 0 N–H and O–H groups in total. The Bertz CT molecular complexity index is 1350. The van der Waals surface area contributed by atoms with E-state index in [0.29, 0.717) is 43.2 Å². The van der Waals surface area contributed by atoms with E-state index in [4.69, 9.17) is 4.74 Å². The number of ether oxygens (including phenoxy) is 1. The number of alkyl halides is 3. The smallest absolute Gasteiger partial charge is 0.416 e. The molecular formula is C23H20F3N7O2. The van der Waals surface area contributed by atoms with Crippen molar-refractivity contribution in [2.45, 2.75) is 6.18 Å². The van der Waals surface area contributed by atoms with Gasteiger partial charge in [-0.1, -0.05) is 5.21 Å². The summed E-state index contributed by atoms with van der Waals surface area (Å²) >= 11 is 0. The van der Waals surface area contributed by atoms with Gasteiger partial charge in [-0.2, -0.15) is 17.9 Å². The highest BCUT2D eigenvalue weighted by Crippen LogP contribution is 2.29. The first-order valence-corrected chi connectivity index (χ1v) is 10.8. The van der Waals surface area contributed by atoms with Crippen molar-refractivity contribution in [1.29, 1.82) is 0 Å². The molecule has 9 nitrogen and oxygen atoms in total. The van der Waals surface area contributed by atoms with Crippen molar-refractivity contribution in [1.82, 2.24) is 29.9 Å². The second kappa shape index (κ2) is 8.85. The van der Waals surface area contributed by atoms with Crippen molar-refractivity contribution < 1.29 is 22.7 Å². The summed E-state index contributed by atoms with van der Waals surface area (Å²) < 4.78 is 45.2. The van der Waals surface area contributed by atoms with Gasteiger partial charge in [-0.3, -0.25) is 4.79 Å². The molecule has 1 fully saturated rings. The Balaban J connectivity index is 1.31. The van der Waals surface area contributed by atoms with Crippen molar-refractivity contribution in [3.63, 3.8) is 0 Å². The summed E-state index contributed by atoms with van der Waals surface area (Å²) in [5.74, 6) is 1.02. The number of carbonyl (C=O) groups excluding carboxylic acids is 1. The highest BCUT2D eigenvalue weighted by atomic mass is 19.4. The Hall–Kier alpha value is -4.22. The Morgan fingerprint density at radius 3 is 2.26 bits per heavy atom. The molecule has 1 amide bonds. The second-order valence-corrected chi connectivity index (χ2v) is 7.92. The molecule has 0 bridgehead atoms. The van der Waals surface area contributed by atoms with E-state index in [2.05, 4.69) is 20.3 Å². The molecule has 0 saturated carbocycles. The van der Waals surface area contributed by atoms with Crippen molar-refractivity contribution in [3.8, 4) is 11.4 Å². The van der Waals surface area contributed by atoms with Gasteiger partial charge in [0.1, 0.15) is 12.1 Å². The van der Waals surface area contributed by atoms with Gasteiger partial charge in [0.15, 0.2) is 17.0 Å². The van der Waals surface area contributed by atoms with Crippen LogP contribution in [0.1, 0.15) is 15.9 Å². The number of piperazine rings is 1. The molecule has 3 heterocycles. The standard InChI is InChI=1S/C23H20F3N7O2/c1-35-18-8-6-17(7-9-18)33-21-19(29-30-33)20(27-14-28-21)31-10-12-32(13-11-31)22(34)15-2-4-16(5-3-15)23(24,25)26/h2-9,14H,10-13H2,1H3. The Morgan fingerprint density at radius 1 is 0.943 bits per heavy atom. The molecule has 0 unspecified atom stereocenters. The van der Waals surface area contributed by atoms with E-state index < -0.39 is 11.7 Å². The minimum absolute atomic E-state index is 0.221. The van der Waals surface area contributed by atoms with Crippen LogP contribution in [0.25, 0.3) is 16.9 Å². The number of fused-ring (bicyclic) bond motifs is 1. The van der Waals surface area contributed by atoms with Gasteiger partial charge in [-0.15, -0.1) is 5.10 Å². The number of amides is 1. The molecule has 5 rings (SSSR count). The van der Waals surface area contributed by atoms with Crippen LogP contribution in [-0.4, -0.2) is 69.1 Å². The predicted octanol–water partition coefficient (Wildman–Crippen LogP) is 3.20. The maximum Gasteiger partial charge on any atom is 0.416 e. The number of aromatic nitrogens is 5. The summed E-state index contributed by atoms with van der Waals surface area (Å²) in [6.45, 7) is 1.73. The Morgan fingerprint density at radius 2 is 1.63 bits per heavy atom. The number of methoxy groups -OCH3 is 1. The lowest BCUT2D eigenvalue weighted by atomic mass is 10.1. The van der Waals surface area contributed by atoms with Crippen molar-refractivity contribution in [3.05, 3.63) is 66.0 Å². The molecule has 0 radical (unpaired) electrons. The van der Waals surface area contributed by atoms with E-state index in [-0.39, 0.29) is 11.5 Å². The zero-order chi connectivity index (χ0) is 24.6. The molecule has 1 aliphatic rings. The van der Waals surface area contributed by atoms with Gasteiger partial charge in [0.25, 0.3) is 5.91 Å². The lowest BCUT2D eigenvalue weighted by Gasteiger charge is -2.35. The summed E-state index contributed by atoms with van der Waals surface area (Å²) in [7, 11) is 1.59. The van der Waals surface area contributed by atoms with Crippen LogP contribution >= 0.6 is 0 Å². The van der Waals surface area contributed by atoms with Crippen LogP contribution in [0.3, 0.4) is 0 Å². The fraction of sp³-hybridized carbons (Fsp3) is 0.261. The lowest BCUT2D eigenvalue weighted by Crippen LogP contribution is -2.49. The van der Waals surface area contributed by atoms with Gasteiger partial charge in [0.2, 0.25) is 0 Å². The molecule has 2 aromatic heterocycles. The fourth-order valence-corrected chi connectivity index (χ4v) is 3.97. The molecule has 4 aromatic rings. The number of halogens is 3. The number of hydrogen-bond donors (Lipinski definition) is 0. The zero-order valence-electron chi connectivity index (χ0n) is 18.6. The van der Waals surface area contributed by atoms with Crippen LogP contribution < -0.4 is 9.64 Å². The van der Waals surface area contributed by atoms with Crippen molar-refractivity contribution >= 4 is 22.9 Å². The van der Waals surface area contributed by atoms with Gasteiger partial charge in [-0.25, -0.2) is 9.97 Å². The summed E-state index contributed by atoms with van der Waals surface area (Å²) in [4.78, 5) is 25.1. The van der Waals surface area contributed by atoms with Gasteiger partial charge >= 0.3 is 6.18 Å². The zero-order valence-corrected chi connectivity index (χ0v) is 18.6. The number of rotatable bonds is 4. The molecule has 1 aliphatic heterocycles. The van der Waals surface area contributed by atoms with Crippen LogP contribution in [0.4, 0.5) is 19.0 Å². The van der Waals surface area contributed by atoms with Crippen LogP contribution in [0.15, 0.2) is 54.9 Å². The number of benzene rings is 2.